The van der Waals surface area contributed by atoms with Crippen molar-refractivity contribution in [2.75, 3.05) is 0 Å². The maximum absolute atomic E-state index is 12.7. The molecule has 0 saturated heterocycles. The lowest BCUT2D eigenvalue weighted by Gasteiger charge is -2.24. The van der Waals surface area contributed by atoms with Gasteiger partial charge in [-0.15, -0.1) is 0 Å². The van der Waals surface area contributed by atoms with Gasteiger partial charge in [-0.2, -0.15) is 0 Å². The average Bonchev–Trinajstić information content (AvgIpc) is 3.01. The number of carbonyl (C=O) groups excluding carboxylic acids is 2. The van der Waals surface area contributed by atoms with Crippen LogP contribution in [0.3, 0.4) is 0 Å². The lowest BCUT2D eigenvalue weighted by molar-refractivity contribution is -0.120. The number of fused-ring (bicyclic) bond motifs is 3. The van der Waals surface area contributed by atoms with E-state index >= 15 is 0 Å². The van der Waals surface area contributed by atoms with Gasteiger partial charge in [0.2, 0.25) is 5.91 Å². The molecule has 27 heavy (non-hydrogen) atoms. The molecular weight excluding hydrogens is 360 g/mol. The molecule has 1 atom stereocenters. The van der Waals surface area contributed by atoms with Gasteiger partial charge >= 0.3 is 0 Å². The number of hydrogen-bond acceptors (Lipinski definition) is 2. The van der Waals surface area contributed by atoms with Gasteiger partial charge in [-0.25, -0.2) is 0 Å². The minimum atomic E-state index is -0.863. The van der Waals surface area contributed by atoms with Crippen molar-refractivity contribution in [1.29, 1.82) is 0 Å². The Hall–Kier alpha value is -3.11. The van der Waals surface area contributed by atoms with E-state index in [1.807, 2.05) is 48.5 Å². The first-order valence-electron chi connectivity index (χ1n) is 8.60. The molecule has 4 nitrogen and oxygen atoms in total. The monoisotopic (exact) mass is 376 g/mol. The van der Waals surface area contributed by atoms with E-state index in [4.69, 9.17) is 17.3 Å². The summed E-state index contributed by atoms with van der Waals surface area (Å²) in [6.07, 6.45) is 0. The normalized spacial score (nSPS) is 13.5. The molecule has 134 valence electrons. The molecule has 3 aromatic carbocycles. The van der Waals surface area contributed by atoms with Crippen LogP contribution in [0.2, 0.25) is 5.02 Å². The van der Waals surface area contributed by atoms with Gasteiger partial charge in [0.25, 0.3) is 5.91 Å². The van der Waals surface area contributed by atoms with E-state index in [0.717, 1.165) is 22.3 Å². The highest BCUT2D eigenvalue weighted by Crippen LogP contribution is 2.46. The van der Waals surface area contributed by atoms with E-state index in [2.05, 4.69) is 5.32 Å². The quantitative estimate of drug-likeness (QED) is 0.728. The minimum Gasteiger partial charge on any atom is -0.368 e. The van der Waals surface area contributed by atoms with Crippen LogP contribution >= 0.6 is 11.6 Å². The lowest BCUT2D eigenvalue weighted by Crippen LogP contribution is -2.48. The Morgan fingerprint density at radius 1 is 0.852 bits per heavy atom. The number of hydrogen-bond donors (Lipinski definition) is 2. The van der Waals surface area contributed by atoms with Crippen LogP contribution in [0.5, 0.6) is 0 Å². The summed E-state index contributed by atoms with van der Waals surface area (Å²) in [5, 5.41) is 3.36. The topological polar surface area (TPSA) is 72.2 Å². The van der Waals surface area contributed by atoms with Gasteiger partial charge in [-0.3, -0.25) is 9.59 Å². The fourth-order valence-corrected chi connectivity index (χ4v) is 3.82. The van der Waals surface area contributed by atoms with Gasteiger partial charge in [-0.1, -0.05) is 60.1 Å². The standard InChI is InChI=1S/C22H17ClN2O2/c23-14-11-9-13(10-12-14)22(27)25-20(21(24)26)19-17-7-3-1-5-15(17)16-6-2-4-8-18(16)19/h1-12,19-20H,(H2,24,26)(H,25,27)/t20-/m0/s1. The Bertz CT molecular complexity index is 985. The molecule has 0 radical (unpaired) electrons. The molecule has 0 heterocycles. The summed E-state index contributed by atoms with van der Waals surface area (Å²) in [7, 11) is 0. The zero-order chi connectivity index (χ0) is 19.0. The first kappa shape index (κ1) is 17.3. The van der Waals surface area contributed by atoms with Crippen LogP contribution in [-0.2, 0) is 4.79 Å². The molecule has 0 spiro atoms. The Morgan fingerprint density at radius 2 is 1.37 bits per heavy atom. The fraction of sp³-hybridized carbons (Fsp3) is 0.0909. The number of carbonyl (C=O) groups is 2. The molecule has 0 unspecified atom stereocenters. The van der Waals surface area contributed by atoms with E-state index in [0.29, 0.717) is 10.6 Å². The second-order valence-electron chi connectivity index (χ2n) is 6.51. The van der Waals surface area contributed by atoms with E-state index in [-0.39, 0.29) is 11.8 Å². The second kappa shape index (κ2) is 6.89. The Balaban J connectivity index is 1.73. The fourth-order valence-electron chi connectivity index (χ4n) is 3.70. The molecule has 3 N–H and O–H groups in total. The van der Waals surface area contributed by atoms with Crippen LogP contribution in [0.4, 0.5) is 0 Å². The van der Waals surface area contributed by atoms with Crippen molar-refractivity contribution in [1.82, 2.24) is 5.32 Å². The van der Waals surface area contributed by atoms with Crippen molar-refractivity contribution >= 4 is 23.4 Å². The van der Waals surface area contributed by atoms with Crippen LogP contribution in [0.15, 0.2) is 72.8 Å². The highest BCUT2D eigenvalue weighted by molar-refractivity contribution is 6.30. The SMILES string of the molecule is NC(=O)[C@@H](NC(=O)c1ccc(Cl)cc1)C1c2ccccc2-c2ccccc21. The summed E-state index contributed by atoms with van der Waals surface area (Å²) >= 11 is 5.88. The summed E-state index contributed by atoms with van der Waals surface area (Å²) < 4.78 is 0. The maximum atomic E-state index is 12.7. The molecule has 0 fully saturated rings. The van der Waals surface area contributed by atoms with Crippen molar-refractivity contribution in [2.45, 2.75) is 12.0 Å². The smallest absolute Gasteiger partial charge is 0.251 e. The molecule has 0 saturated carbocycles. The molecule has 5 heteroatoms. The predicted molar refractivity (Wildman–Crippen MR) is 106 cm³/mol. The summed E-state index contributed by atoms with van der Waals surface area (Å²) in [6, 6.07) is 21.4. The number of halogens is 1. The van der Waals surface area contributed by atoms with E-state index in [9.17, 15) is 9.59 Å². The maximum Gasteiger partial charge on any atom is 0.251 e. The molecule has 2 amide bonds. The van der Waals surface area contributed by atoms with Crippen molar-refractivity contribution in [3.05, 3.63) is 94.5 Å². The number of amides is 2. The van der Waals surface area contributed by atoms with E-state index in [1.165, 1.54) is 0 Å². The van der Waals surface area contributed by atoms with Crippen LogP contribution < -0.4 is 11.1 Å². The van der Waals surface area contributed by atoms with Crippen molar-refractivity contribution in [3.63, 3.8) is 0 Å². The summed E-state index contributed by atoms with van der Waals surface area (Å²) in [5.74, 6) is -1.27. The van der Waals surface area contributed by atoms with Crippen molar-refractivity contribution in [2.24, 2.45) is 5.73 Å². The Morgan fingerprint density at radius 3 is 1.89 bits per heavy atom. The van der Waals surface area contributed by atoms with Crippen LogP contribution in [0.25, 0.3) is 11.1 Å². The molecule has 4 rings (SSSR count). The molecule has 1 aliphatic rings. The third kappa shape index (κ3) is 3.09. The average molecular weight is 377 g/mol. The first-order valence-corrected chi connectivity index (χ1v) is 8.98. The Labute approximate surface area is 162 Å². The van der Waals surface area contributed by atoms with Gasteiger partial charge in [-0.05, 0) is 46.5 Å². The molecule has 0 aromatic heterocycles. The van der Waals surface area contributed by atoms with Gasteiger partial charge < -0.3 is 11.1 Å². The minimum absolute atomic E-state index is 0.328. The van der Waals surface area contributed by atoms with Gasteiger partial charge in [0.05, 0.1) is 0 Å². The van der Waals surface area contributed by atoms with Crippen molar-refractivity contribution < 1.29 is 9.59 Å². The van der Waals surface area contributed by atoms with Crippen LogP contribution in [0.1, 0.15) is 27.4 Å². The largest absolute Gasteiger partial charge is 0.368 e. The number of benzene rings is 3. The van der Waals surface area contributed by atoms with Crippen LogP contribution in [0, 0.1) is 0 Å². The number of rotatable bonds is 4. The third-order valence-electron chi connectivity index (χ3n) is 4.91. The summed E-state index contributed by atoms with van der Waals surface area (Å²) in [6.45, 7) is 0. The molecule has 0 aliphatic heterocycles. The number of nitrogens with two attached hydrogens (primary N) is 1. The van der Waals surface area contributed by atoms with Crippen molar-refractivity contribution in [3.8, 4) is 11.1 Å². The van der Waals surface area contributed by atoms with Gasteiger partial charge in [0.1, 0.15) is 6.04 Å². The molecule has 3 aromatic rings. The lowest BCUT2D eigenvalue weighted by atomic mass is 9.88. The third-order valence-corrected chi connectivity index (χ3v) is 5.17. The van der Waals surface area contributed by atoms with E-state index in [1.54, 1.807) is 24.3 Å². The van der Waals surface area contributed by atoms with Gasteiger partial charge in [0.15, 0.2) is 0 Å². The molecular formula is C22H17ClN2O2. The van der Waals surface area contributed by atoms with Crippen LogP contribution in [-0.4, -0.2) is 17.9 Å². The highest BCUT2D eigenvalue weighted by Gasteiger charge is 2.37. The zero-order valence-electron chi connectivity index (χ0n) is 14.4. The Kier molecular flexibility index (Phi) is 4.42. The predicted octanol–water partition coefficient (Wildman–Crippen LogP) is 3.74. The zero-order valence-corrected chi connectivity index (χ0v) is 15.1. The number of primary amides is 1. The highest BCUT2D eigenvalue weighted by atomic mass is 35.5. The molecule has 1 aliphatic carbocycles. The second-order valence-corrected chi connectivity index (χ2v) is 6.95. The first-order chi connectivity index (χ1) is 13.1. The number of nitrogens with one attached hydrogen (secondary N) is 1. The van der Waals surface area contributed by atoms with E-state index < -0.39 is 11.9 Å². The summed E-state index contributed by atoms with van der Waals surface area (Å²) in [4.78, 5) is 25.0. The molecule has 0 bridgehead atoms. The van der Waals surface area contributed by atoms with Gasteiger partial charge in [0, 0.05) is 16.5 Å². The summed E-state index contributed by atoms with van der Waals surface area (Å²) in [5.41, 5.74) is 10.2.